The van der Waals surface area contributed by atoms with Gasteiger partial charge in [0.05, 0.1) is 37.4 Å². The summed E-state index contributed by atoms with van der Waals surface area (Å²) in [6, 6.07) is 16.1. The molecule has 1 aliphatic heterocycles. The molecule has 4 rings (SSSR count). The van der Waals surface area contributed by atoms with Crippen molar-refractivity contribution in [3.05, 3.63) is 77.6 Å². The molecule has 1 aliphatic rings. The Hall–Kier alpha value is -3.17. The highest BCUT2D eigenvalue weighted by molar-refractivity contribution is 7.90. The second-order valence-corrected chi connectivity index (χ2v) is 11.7. The van der Waals surface area contributed by atoms with E-state index in [4.69, 9.17) is 9.47 Å². The van der Waals surface area contributed by atoms with Gasteiger partial charge in [0.2, 0.25) is 15.0 Å². The molecule has 1 amide bonds. The third-order valence-corrected chi connectivity index (χ3v) is 7.95. The van der Waals surface area contributed by atoms with Gasteiger partial charge in [-0.15, -0.1) is 0 Å². The van der Waals surface area contributed by atoms with Crippen molar-refractivity contribution in [3.8, 4) is 5.75 Å². The van der Waals surface area contributed by atoms with Crippen LogP contribution in [0.1, 0.15) is 48.3 Å². The number of amides is 1. The van der Waals surface area contributed by atoms with E-state index >= 15 is 0 Å². The van der Waals surface area contributed by atoms with Crippen LogP contribution in [0.3, 0.4) is 0 Å². The number of carbonyl (C=O) groups excluding carboxylic acids is 1. The van der Waals surface area contributed by atoms with Gasteiger partial charge in [-0.25, -0.2) is 13.4 Å². The Morgan fingerprint density at radius 2 is 1.89 bits per heavy atom. The van der Waals surface area contributed by atoms with Crippen LogP contribution in [-0.2, 0) is 33.4 Å². The summed E-state index contributed by atoms with van der Waals surface area (Å²) < 4.78 is 39.6. The SMILES string of the molecule is COc1ccc(C(=O)N(Cc2cnc(S(=O)(=O)Cc3ccccc3)n2CC(C)C)C[C@@H]2CCCO2)cc1. The van der Waals surface area contributed by atoms with E-state index in [0.717, 1.165) is 12.8 Å². The summed E-state index contributed by atoms with van der Waals surface area (Å²) >= 11 is 0. The number of methoxy groups -OCH3 is 1. The monoisotopic (exact) mass is 525 g/mol. The van der Waals surface area contributed by atoms with Gasteiger partial charge >= 0.3 is 0 Å². The van der Waals surface area contributed by atoms with Gasteiger partial charge < -0.3 is 18.9 Å². The molecule has 0 N–H and O–H groups in total. The molecule has 37 heavy (non-hydrogen) atoms. The molecule has 2 aromatic carbocycles. The largest absolute Gasteiger partial charge is 0.497 e. The van der Waals surface area contributed by atoms with Crippen LogP contribution in [0.2, 0.25) is 0 Å². The third kappa shape index (κ3) is 6.78. The van der Waals surface area contributed by atoms with Crippen LogP contribution in [0.5, 0.6) is 5.75 Å². The Morgan fingerprint density at radius 3 is 2.51 bits per heavy atom. The van der Waals surface area contributed by atoms with Crippen LogP contribution in [0, 0.1) is 5.92 Å². The number of aromatic nitrogens is 2. The minimum atomic E-state index is -3.70. The van der Waals surface area contributed by atoms with Gasteiger partial charge in [-0.1, -0.05) is 44.2 Å². The molecular formula is C28H35N3O5S. The summed E-state index contributed by atoms with van der Waals surface area (Å²) in [6.45, 7) is 5.87. The van der Waals surface area contributed by atoms with E-state index in [0.29, 0.717) is 42.3 Å². The molecule has 0 radical (unpaired) electrons. The second-order valence-electron chi connectivity index (χ2n) is 9.83. The zero-order chi connectivity index (χ0) is 26.4. The number of ether oxygens (including phenoxy) is 2. The summed E-state index contributed by atoms with van der Waals surface area (Å²) in [5.74, 6) is 0.574. The average molecular weight is 526 g/mol. The van der Waals surface area contributed by atoms with Gasteiger partial charge in [-0.2, -0.15) is 0 Å². The maximum atomic E-state index is 13.6. The van der Waals surface area contributed by atoms with E-state index in [2.05, 4.69) is 4.98 Å². The van der Waals surface area contributed by atoms with E-state index in [9.17, 15) is 13.2 Å². The van der Waals surface area contributed by atoms with Gasteiger partial charge in [-0.3, -0.25) is 4.79 Å². The van der Waals surface area contributed by atoms with Gasteiger partial charge in [0.25, 0.3) is 5.91 Å². The molecule has 1 aromatic heterocycles. The highest BCUT2D eigenvalue weighted by Crippen LogP contribution is 2.23. The normalized spacial score (nSPS) is 15.7. The maximum Gasteiger partial charge on any atom is 0.254 e. The van der Waals surface area contributed by atoms with Crippen LogP contribution in [0.25, 0.3) is 0 Å². The minimum Gasteiger partial charge on any atom is -0.497 e. The quantitative estimate of drug-likeness (QED) is 0.370. The lowest BCUT2D eigenvalue weighted by molar-refractivity contribution is 0.0501. The summed E-state index contributed by atoms with van der Waals surface area (Å²) in [6.07, 6.45) is 3.38. The lowest BCUT2D eigenvalue weighted by Gasteiger charge is -2.26. The van der Waals surface area contributed by atoms with Crippen LogP contribution in [0.4, 0.5) is 0 Å². The number of nitrogens with zero attached hydrogens (tertiary/aromatic N) is 3. The number of imidazole rings is 1. The number of carbonyl (C=O) groups is 1. The zero-order valence-electron chi connectivity index (χ0n) is 21.7. The predicted molar refractivity (Wildman–Crippen MR) is 141 cm³/mol. The summed E-state index contributed by atoms with van der Waals surface area (Å²) in [4.78, 5) is 19.7. The number of benzene rings is 2. The molecule has 198 valence electrons. The molecule has 0 saturated carbocycles. The molecule has 0 aliphatic carbocycles. The van der Waals surface area contributed by atoms with Crippen molar-refractivity contribution in [2.24, 2.45) is 5.92 Å². The first-order chi connectivity index (χ1) is 17.8. The molecule has 9 heteroatoms. The molecule has 0 bridgehead atoms. The lowest BCUT2D eigenvalue weighted by atomic mass is 10.1. The van der Waals surface area contributed by atoms with E-state index < -0.39 is 9.84 Å². The topological polar surface area (TPSA) is 90.7 Å². The van der Waals surface area contributed by atoms with Crippen molar-refractivity contribution < 1.29 is 22.7 Å². The fourth-order valence-electron chi connectivity index (χ4n) is 4.55. The smallest absolute Gasteiger partial charge is 0.254 e. The maximum absolute atomic E-state index is 13.6. The fraction of sp³-hybridized carbons (Fsp3) is 0.429. The number of hydrogen-bond donors (Lipinski definition) is 0. The number of sulfone groups is 1. The van der Waals surface area contributed by atoms with E-state index in [1.165, 1.54) is 0 Å². The Kier molecular flexibility index (Phi) is 8.66. The van der Waals surface area contributed by atoms with Crippen molar-refractivity contribution >= 4 is 15.7 Å². The van der Waals surface area contributed by atoms with Crippen molar-refractivity contribution in [2.45, 2.75) is 56.8 Å². The first kappa shape index (κ1) is 26.9. The minimum absolute atomic E-state index is 0.0361. The van der Waals surface area contributed by atoms with Crippen LogP contribution in [0.15, 0.2) is 66.0 Å². The Labute approximate surface area is 219 Å². The Morgan fingerprint density at radius 1 is 1.16 bits per heavy atom. The van der Waals surface area contributed by atoms with Crippen LogP contribution < -0.4 is 4.74 Å². The number of rotatable bonds is 11. The second kappa shape index (κ2) is 11.9. The van der Waals surface area contributed by atoms with Gasteiger partial charge in [-0.05, 0) is 48.6 Å². The van der Waals surface area contributed by atoms with E-state index in [-0.39, 0.29) is 35.4 Å². The van der Waals surface area contributed by atoms with Crippen molar-refractivity contribution in [1.82, 2.24) is 14.5 Å². The fourth-order valence-corrected chi connectivity index (χ4v) is 6.05. The molecule has 0 spiro atoms. The zero-order valence-corrected chi connectivity index (χ0v) is 22.5. The van der Waals surface area contributed by atoms with Gasteiger partial charge in [0.1, 0.15) is 5.75 Å². The van der Waals surface area contributed by atoms with Crippen molar-refractivity contribution in [2.75, 3.05) is 20.3 Å². The molecule has 1 atom stereocenters. The molecule has 1 saturated heterocycles. The molecule has 8 nitrogen and oxygen atoms in total. The summed E-state index contributed by atoms with van der Waals surface area (Å²) in [7, 11) is -2.11. The van der Waals surface area contributed by atoms with Gasteiger partial charge in [0.15, 0.2) is 0 Å². The third-order valence-electron chi connectivity index (χ3n) is 6.35. The highest BCUT2D eigenvalue weighted by Gasteiger charge is 2.28. The predicted octanol–water partition coefficient (Wildman–Crippen LogP) is 4.34. The van der Waals surface area contributed by atoms with Gasteiger partial charge in [0, 0.05) is 25.3 Å². The van der Waals surface area contributed by atoms with Crippen LogP contribution >= 0.6 is 0 Å². The van der Waals surface area contributed by atoms with Crippen molar-refractivity contribution in [3.63, 3.8) is 0 Å². The highest BCUT2D eigenvalue weighted by atomic mass is 32.2. The Bertz CT molecular complexity index is 1280. The first-order valence-corrected chi connectivity index (χ1v) is 14.3. The summed E-state index contributed by atoms with van der Waals surface area (Å²) in [5.41, 5.74) is 1.92. The molecule has 2 heterocycles. The van der Waals surface area contributed by atoms with E-state index in [1.807, 2.05) is 32.0 Å². The lowest BCUT2D eigenvalue weighted by Crippen LogP contribution is -2.37. The standard InChI is InChI=1S/C28H35N3O5S/c1-21(2)17-31-24(16-29-28(31)37(33,34)20-22-8-5-4-6-9-22)18-30(19-26-10-7-15-36-26)27(32)23-11-13-25(35-3)14-12-23/h4-6,8-9,11-14,16,21,26H,7,10,15,17-20H2,1-3H3/t26-/m0/s1. The summed E-state index contributed by atoms with van der Waals surface area (Å²) in [5, 5.41) is 0.0361. The number of hydrogen-bond acceptors (Lipinski definition) is 6. The molecule has 1 fully saturated rings. The van der Waals surface area contributed by atoms with Crippen molar-refractivity contribution in [1.29, 1.82) is 0 Å². The van der Waals surface area contributed by atoms with Crippen LogP contribution in [-0.4, -0.2) is 55.1 Å². The molecule has 0 unspecified atom stereocenters. The first-order valence-electron chi connectivity index (χ1n) is 12.6. The average Bonchev–Trinajstić information content (AvgIpc) is 3.54. The molecule has 3 aromatic rings. The van der Waals surface area contributed by atoms with E-state index in [1.54, 1.807) is 59.2 Å². The molecular weight excluding hydrogens is 490 g/mol. The Balaban J connectivity index is 1.65.